The van der Waals surface area contributed by atoms with E-state index in [4.69, 9.17) is 5.11 Å². The lowest BCUT2D eigenvalue weighted by atomic mass is 10.0. The number of hydrogen-bond acceptors (Lipinski definition) is 4. The molecule has 0 bridgehead atoms. The minimum Gasteiger partial charge on any atom is -0.478 e. The smallest absolute Gasteiger partial charge is 0.336 e. The Morgan fingerprint density at radius 1 is 1.44 bits per heavy atom. The summed E-state index contributed by atoms with van der Waals surface area (Å²) in [5.74, 6) is -1.48. The lowest BCUT2D eigenvalue weighted by molar-refractivity contribution is -0.139. The van der Waals surface area contributed by atoms with Crippen LogP contribution in [0.15, 0.2) is 23.1 Å². The van der Waals surface area contributed by atoms with Crippen LogP contribution < -0.4 is 0 Å². The van der Waals surface area contributed by atoms with Gasteiger partial charge in [0.15, 0.2) is 0 Å². The van der Waals surface area contributed by atoms with Crippen molar-refractivity contribution < 1.29 is 19.4 Å². The van der Waals surface area contributed by atoms with E-state index >= 15 is 0 Å². The first-order valence-electron chi connectivity index (χ1n) is 4.55. The highest BCUT2D eigenvalue weighted by Gasteiger charge is 2.13. The van der Waals surface area contributed by atoms with Crippen molar-refractivity contribution in [2.24, 2.45) is 0 Å². The van der Waals surface area contributed by atoms with Crippen molar-refractivity contribution in [2.75, 3.05) is 13.4 Å². The maximum absolute atomic E-state index is 11.1. The van der Waals surface area contributed by atoms with Gasteiger partial charge in [-0.2, -0.15) is 0 Å². The van der Waals surface area contributed by atoms with Gasteiger partial charge in [0.1, 0.15) is 0 Å². The molecule has 0 aliphatic heterocycles. The highest BCUT2D eigenvalue weighted by atomic mass is 32.2. The molecule has 1 aromatic carbocycles. The molecule has 0 unspecified atom stereocenters. The Kier molecular flexibility index (Phi) is 4.37. The lowest BCUT2D eigenvalue weighted by Crippen LogP contribution is -2.09. The predicted octanol–water partition coefficient (Wildman–Crippen LogP) is 1.82. The van der Waals surface area contributed by atoms with Gasteiger partial charge in [0.05, 0.1) is 19.1 Å². The number of carboxylic acids is 1. The Morgan fingerprint density at radius 3 is 2.62 bits per heavy atom. The van der Waals surface area contributed by atoms with Gasteiger partial charge in [0.2, 0.25) is 0 Å². The molecule has 0 saturated carbocycles. The number of esters is 1. The number of ether oxygens (including phenoxy) is 1. The van der Waals surface area contributed by atoms with E-state index in [0.29, 0.717) is 5.56 Å². The van der Waals surface area contributed by atoms with E-state index in [0.717, 1.165) is 4.90 Å². The van der Waals surface area contributed by atoms with E-state index in [9.17, 15) is 9.59 Å². The summed E-state index contributed by atoms with van der Waals surface area (Å²) in [5, 5.41) is 9.01. The zero-order valence-corrected chi connectivity index (χ0v) is 9.84. The summed E-state index contributed by atoms with van der Waals surface area (Å²) >= 11 is 1.45. The quantitative estimate of drug-likeness (QED) is 0.642. The Bertz CT molecular complexity index is 414. The predicted molar refractivity (Wildman–Crippen MR) is 60.9 cm³/mol. The first-order chi connectivity index (χ1) is 7.58. The van der Waals surface area contributed by atoms with E-state index in [-0.39, 0.29) is 12.0 Å². The van der Waals surface area contributed by atoms with Gasteiger partial charge in [-0.1, -0.05) is 6.07 Å². The second kappa shape index (κ2) is 5.55. The zero-order chi connectivity index (χ0) is 12.1. The van der Waals surface area contributed by atoms with E-state index < -0.39 is 11.9 Å². The Labute approximate surface area is 97.6 Å². The van der Waals surface area contributed by atoms with Crippen molar-refractivity contribution in [3.05, 3.63) is 29.3 Å². The van der Waals surface area contributed by atoms with Crippen molar-refractivity contribution in [1.82, 2.24) is 0 Å². The average Bonchev–Trinajstić information content (AvgIpc) is 2.29. The third-order valence-corrected chi connectivity index (χ3v) is 2.84. The van der Waals surface area contributed by atoms with Crippen molar-refractivity contribution in [3.8, 4) is 0 Å². The van der Waals surface area contributed by atoms with Crippen molar-refractivity contribution in [3.63, 3.8) is 0 Å². The van der Waals surface area contributed by atoms with Crippen molar-refractivity contribution in [1.29, 1.82) is 0 Å². The van der Waals surface area contributed by atoms with E-state index in [1.165, 1.54) is 18.9 Å². The monoisotopic (exact) mass is 240 g/mol. The highest BCUT2D eigenvalue weighted by Crippen LogP contribution is 2.20. The fourth-order valence-electron chi connectivity index (χ4n) is 1.26. The molecule has 16 heavy (non-hydrogen) atoms. The number of carboxylic acid groups (broad SMARTS) is 1. The van der Waals surface area contributed by atoms with Crippen LogP contribution in [0.2, 0.25) is 0 Å². The molecule has 86 valence electrons. The molecule has 0 atom stereocenters. The number of rotatable bonds is 4. The van der Waals surface area contributed by atoms with Gasteiger partial charge in [0, 0.05) is 4.90 Å². The van der Waals surface area contributed by atoms with Gasteiger partial charge in [0.25, 0.3) is 0 Å². The molecular formula is C11H12O4S. The molecule has 0 radical (unpaired) electrons. The number of carbonyl (C=O) groups is 2. The summed E-state index contributed by atoms with van der Waals surface area (Å²) in [6, 6.07) is 4.99. The van der Waals surface area contributed by atoms with Gasteiger partial charge in [-0.15, -0.1) is 11.8 Å². The van der Waals surface area contributed by atoms with Gasteiger partial charge in [-0.3, -0.25) is 4.79 Å². The third kappa shape index (κ3) is 3.00. The molecule has 0 amide bonds. The van der Waals surface area contributed by atoms with Crippen LogP contribution in [0.5, 0.6) is 0 Å². The van der Waals surface area contributed by atoms with Crippen LogP contribution in [0.1, 0.15) is 15.9 Å². The molecule has 1 N–H and O–H groups in total. The average molecular weight is 240 g/mol. The van der Waals surface area contributed by atoms with Crippen LogP contribution >= 0.6 is 11.8 Å². The molecular weight excluding hydrogens is 228 g/mol. The van der Waals surface area contributed by atoms with Gasteiger partial charge >= 0.3 is 11.9 Å². The first kappa shape index (κ1) is 12.6. The van der Waals surface area contributed by atoms with Crippen LogP contribution in [-0.4, -0.2) is 30.4 Å². The fraction of sp³-hybridized carbons (Fsp3) is 0.273. The number of carbonyl (C=O) groups excluding carboxylic acids is 1. The summed E-state index contributed by atoms with van der Waals surface area (Å²) < 4.78 is 4.51. The second-order valence-electron chi connectivity index (χ2n) is 3.08. The minimum atomic E-state index is -1.03. The second-order valence-corrected chi connectivity index (χ2v) is 3.96. The van der Waals surface area contributed by atoms with Crippen molar-refractivity contribution in [2.45, 2.75) is 11.3 Å². The Hall–Kier alpha value is -1.49. The molecule has 1 rings (SSSR count). The molecule has 0 fully saturated rings. The molecule has 0 aromatic heterocycles. The molecule has 0 aliphatic carbocycles. The molecule has 0 spiro atoms. The molecule has 1 aromatic rings. The number of methoxy groups -OCH3 is 1. The topological polar surface area (TPSA) is 63.6 Å². The highest BCUT2D eigenvalue weighted by molar-refractivity contribution is 7.98. The lowest BCUT2D eigenvalue weighted by Gasteiger charge is -2.06. The maximum Gasteiger partial charge on any atom is 0.336 e. The van der Waals surface area contributed by atoms with E-state index in [1.54, 1.807) is 18.2 Å². The normalized spacial score (nSPS) is 9.88. The largest absolute Gasteiger partial charge is 0.478 e. The Balaban J connectivity index is 3.08. The summed E-state index contributed by atoms with van der Waals surface area (Å²) in [4.78, 5) is 22.9. The number of hydrogen-bond donors (Lipinski definition) is 1. The molecule has 5 heteroatoms. The van der Waals surface area contributed by atoms with Crippen LogP contribution in [0.25, 0.3) is 0 Å². The Morgan fingerprint density at radius 2 is 2.12 bits per heavy atom. The van der Waals surface area contributed by atoms with Crippen molar-refractivity contribution >= 4 is 23.7 Å². The van der Waals surface area contributed by atoms with Gasteiger partial charge < -0.3 is 9.84 Å². The number of thioether (sulfide) groups is 1. The van der Waals surface area contributed by atoms with Crippen LogP contribution in [-0.2, 0) is 16.0 Å². The summed E-state index contributed by atoms with van der Waals surface area (Å²) in [6.45, 7) is 0. The maximum atomic E-state index is 11.1. The van der Waals surface area contributed by atoms with Crippen LogP contribution in [0.4, 0.5) is 0 Å². The first-order valence-corrected chi connectivity index (χ1v) is 5.78. The number of aromatic carboxylic acids is 1. The summed E-state index contributed by atoms with van der Waals surface area (Å²) in [7, 11) is 1.28. The van der Waals surface area contributed by atoms with Crippen LogP contribution in [0, 0.1) is 0 Å². The SMILES string of the molecule is COC(=O)Cc1ccc(SC)cc1C(=O)O. The van der Waals surface area contributed by atoms with E-state index in [2.05, 4.69) is 4.74 Å². The summed E-state index contributed by atoms with van der Waals surface area (Å²) in [6.07, 6.45) is 1.84. The van der Waals surface area contributed by atoms with Gasteiger partial charge in [-0.25, -0.2) is 4.79 Å². The third-order valence-electron chi connectivity index (χ3n) is 2.11. The van der Waals surface area contributed by atoms with E-state index in [1.807, 2.05) is 6.26 Å². The molecule has 0 heterocycles. The fourth-order valence-corrected chi connectivity index (χ4v) is 1.70. The molecule has 4 nitrogen and oxygen atoms in total. The minimum absolute atomic E-state index is 0.0210. The standard InChI is InChI=1S/C11H12O4S/c1-15-10(12)5-7-3-4-8(16-2)6-9(7)11(13)14/h3-4,6H,5H2,1-2H3,(H,13,14). The van der Waals surface area contributed by atoms with Crippen LogP contribution in [0.3, 0.4) is 0 Å². The molecule has 0 aliphatic rings. The van der Waals surface area contributed by atoms with Gasteiger partial charge in [-0.05, 0) is 24.0 Å². The molecule has 0 saturated heterocycles. The number of benzene rings is 1. The zero-order valence-electron chi connectivity index (χ0n) is 9.02. The summed E-state index contributed by atoms with van der Waals surface area (Å²) in [5.41, 5.74) is 0.620.